The van der Waals surface area contributed by atoms with Crippen LogP contribution in [-0.2, 0) is 0 Å². The van der Waals surface area contributed by atoms with E-state index in [2.05, 4.69) is 10.6 Å². The molecule has 0 amide bonds. The third-order valence-electron chi connectivity index (χ3n) is 2.77. The normalized spacial score (nSPS) is 45.0. The Morgan fingerprint density at radius 3 is 2.73 bits per heavy atom. The lowest BCUT2D eigenvalue weighted by Crippen LogP contribution is -2.62. The van der Waals surface area contributed by atoms with Gasteiger partial charge in [-0.05, 0) is 19.3 Å². The molecule has 0 aromatic rings. The van der Waals surface area contributed by atoms with Gasteiger partial charge >= 0.3 is 0 Å². The van der Waals surface area contributed by atoms with E-state index < -0.39 is 0 Å². The summed E-state index contributed by atoms with van der Waals surface area (Å²) in [4.78, 5) is 0. The average molecular weight is 156 g/mol. The van der Waals surface area contributed by atoms with Gasteiger partial charge in [0, 0.05) is 25.2 Å². The Labute approximate surface area is 67.2 Å². The molecule has 1 saturated heterocycles. The summed E-state index contributed by atoms with van der Waals surface area (Å²) < 4.78 is 0. The van der Waals surface area contributed by atoms with Gasteiger partial charge < -0.3 is 15.7 Å². The average Bonchev–Trinajstić information content (AvgIpc) is 2.06. The predicted octanol–water partition coefficient (Wildman–Crippen LogP) is -0.539. The van der Waals surface area contributed by atoms with Gasteiger partial charge in [-0.3, -0.25) is 0 Å². The molecule has 0 aromatic heterocycles. The molecule has 1 aliphatic heterocycles. The van der Waals surface area contributed by atoms with Crippen LogP contribution in [0.1, 0.15) is 19.3 Å². The van der Waals surface area contributed by atoms with Gasteiger partial charge in [-0.1, -0.05) is 0 Å². The first-order valence-electron chi connectivity index (χ1n) is 4.53. The first kappa shape index (κ1) is 7.53. The SMILES string of the molecule is OC1CCCC2NCCN[C@@H]12. The highest BCUT2D eigenvalue weighted by molar-refractivity contribution is 4.94. The molecular weight excluding hydrogens is 140 g/mol. The maximum Gasteiger partial charge on any atom is 0.0708 e. The fraction of sp³-hybridized carbons (Fsp3) is 1.00. The Balaban J connectivity index is 1.99. The zero-order valence-electron chi connectivity index (χ0n) is 6.71. The van der Waals surface area contributed by atoms with Crippen molar-refractivity contribution in [1.82, 2.24) is 10.6 Å². The Kier molecular flexibility index (Phi) is 2.11. The smallest absolute Gasteiger partial charge is 0.0708 e. The minimum Gasteiger partial charge on any atom is -0.391 e. The van der Waals surface area contributed by atoms with Crippen LogP contribution in [0.5, 0.6) is 0 Å². The second-order valence-corrected chi connectivity index (χ2v) is 3.54. The minimum absolute atomic E-state index is 0.124. The molecule has 3 nitrogen and oxygen atoms in total. The highest BCUT2D eigenvalue weighted by Crippen LogP contribution is 2.20. The summed E-state index contributed by atoms with van der Waals surface area (Å²) in [5.41, 5.74) is 0. The van der Waals surface area contributed by atoms with Crippen LogP contribution in [0, 0.1) is 0 Å². The van der Waals surface area contributed by atoms with E-state index in [1.807, 2.05) is 0 Å². The predicted molar refractivity (Wildman–Crippen MR) is 43.4 cm³/mol. The fourth-order valence-electron chi connectivity index (χ4n) is 2.18. The van der Waals surface area contributed by atoms with Gasteiger partial charge in [-0.2, -0.15) is 0 Å². The molecule has 3 atom stereocenters. The van der Waals surface area contributed by atoms with Crippen molar-refractivity contribution in [2.45, 2.75) is 37.5 Å². The molecule has 0 radical (unpaired) electrons. The van der Waals surface area contributed by atoms with Gasteiger partial charge in [-0.25, -0.2) is 0 Å². The van der Waals surface area contributed by atoms with Crippen molar-refractivity contribution in [1.29, 1.82) is 0 Å². The van der Waals surface area contributed by atoms with Crippen LogP contribution in [0.4, 0.5) is 0 Å². The van der Waals surface area contributed by atoms with Crippen molar-refractivity contribution in [3.63, 3.8) is 0 Å². The number of fused-ring (bicyclic) bond motifs is 1. The van der Waals surface area contributed by atoms with Crippen molar-refractivity contribution in [2.24, 2.45) is 0 Å². The third kappa shape index (κ3) is 1.41. The van der Waals surface area contributed by atoms with Crippen molar-refractivity contribution in [2.75, 3.05) is 13.1 Å². The van der Waals surface area contributed by atoms with E-state index in [9.17, 15) is 5.11 Å². The van der Waals surface area contributed by atoms with Gasteiger partial charge in [0.05, 0.1) is 6.10 Å². The van der Waals surface area contributed by atoms with Gasteiger partial charge in [0.1, 0.15) is 0 Å². The van der Waals surface area contributed by atoms with E-state index in [0.717, 1.165) is 25.9 Å². The molecule has 0 bridgehead atoms. The highest BCUT2D eigenvalue weighted by Gasteiger charge is 2.33. The first-order valence-corrected chi connectivity index (χ1v) is 4.53. The fourth-order valence-corrected chi connectivity index (χ4v) is 2.18. The molecule has 2 aliphatic rings. The molecule has 3 N–H and O–H groups in total. The minimum atomic E-state index is -0.124. The van der Waals surface area contributed by atoms with Crippen LogP contribution in [0.25, 0.3) is 0 Å². The molecule has 2 fully saturated rings. The summed E-state index contributed by atoms with van der Waals surface area (Å²) >= 11 is 0. The van der Waals surface area contributed by atoms with Crippen LogP contribution < -0.4 is 10.6 Å². The second-order valence-electron chi connectivity index (χ2n) is 3.54. The lowest BCUT2D eigenvalue weighted by Gasteiger charge is -2.40. The van der Waals surface area contributed by atoms with E-state index in [-0.39, 0.29) is 6.10 Å². The van der Waals surface area contributed by atoms with Gasteiger partial charge in [0.2, 0.25) is 0 Å². The standard InChI is InChI=1S/C8H16N2O/c11-7-3-1-2-6-8(7)10-5-4-9-6/h6-11H,1-5H2/t6?,7?,8-/m1/s1. The molecule has 3 heteroatoms. The molecule has 2 unspecified atom stereocenters. The monoisotopic (exact) mass is 156 g/mol. The second kappa shape index (κ2) is 3.09. The summed E-state index contributed by atoms with van der Waals surface area (Å²) in [6.07, 6.45) is 3.23. The van der Waals surface area contributed by atoms with E-state index in [1.165, 1.54) is 6.42 Å². The van der Waals surface area contributed by atoms with E-state index >= 15 is 0 Å². The topological polar surface area (TPSA) is 44.3 Å². The summed E-state index contributed by atoms with van der Waals surface area (Å²) in [7, 11) is 0. The Bertz CT molecular complexity index is 138. The Morgan fingerprint density at radius 1 is 1.09 bits per heavy atom. The number of aliphatic hydroxyl groups is 1. The van der Waals surface area contributed by atoms with Crippen LogP contribution in [0.3, 0.4) is 0 Å². The lowest BCUT2D eigenvalue weighted by atomic mass is 9.87. The third-order valence-corrected chi connectivity index (χ3v) is 2.77. The maximum absolute atomic E-state index is 9.60. The van der Waals surface area contributed by atoms with Gasteiger partial charge in [-0.15, -0.1) is 0 Å². The van der Waals surface area contributed by atoms with Gasteiger partial charge in [0.15, 0.2) is 0 Å². The number of piperazine rings is 1. The van der Waals surface area contributed by atoms with Crippen molar-refractivity contribution in [3.8, 4) is 0 Å². The zero-order chi connectivity index (χ0) is 7.68. The van der Waals surface area contributed by atoms with Crippen LogP contribution in [0.2, 0.25) is 0 Å². The first-order chi connectivity index (χ1) is 5.38. The van der Waals surface area contributed by atoms with Crippen molar-refractivity contribution in [3.05, 3.63) is 0 Å². The van der Waals surface area contributed by atoms with E-state index in [1.54, 1.807) is 0 Å². The number of nitrogens with one attached hydrogen (secondary N) is 2. The van der Waals surface area contributed by atoms with Crippen molar-refractivity contribution < 1.29 is 5.11 Å². The number of hydrogen-bond acceptors (Lipinski definition) is 3. The molecule has 1 aliphatic carbocycles. The summed E-state index contributed by atoms with van der Waals surface area (Å²) in [5, 5.41) is 16.4. The van der Waals surface area contributed by atoms with Crippen LogP contribution >= 0.6 is 0 Å². The number of aliphatic hydroxyl groups excluding tert-OH is 1. The summed E-state index contributed by atoms with van der Waals surface area (Å²) in [6.45, 7) is 2.05. The molecular formula is C8H16N2O. The quantitative estimate of drug-likeness (QED) is 0.441. The van der Waals surface area contributed by atoms with Crippen LogP contribution in [-0.4, -0.2) is 36.4 Å². The zero-order valence-corrected chi connectivity index (χ0v) is 6.71. The Morgan fingerprint density at radius 2 is 1.91 bits per heavy atom. The van der Waals surface area contributed by atoms with Crippen LogP contribution in [0.15, 0.2) is 0 Å². The summed E-state index contributed by atoms with van der Waals surface area (Å²) in [6, 6.07) is 0.838. The van der Waals surface area contributed by atoms with Gasteiger partial charge in [0.25, 0.3) is 0 Å². The molecule has 1 heterocycles. The lowest BCUT2D eigenvalue weighted by molar-refractivity contribution is 0.0606. The van der Waals surface area contributed by atoms with E-state index in [0.29, 0.717) is 12.1 Å². The highest BCUT2D eigenvalue weighted by atomic mass is 16.3. The molecule has 64 valence electrons. The van der Waals surface area contributed by atoms with E-state index in [4.69, 9.17) is 0 Å². The molecule has 2 rings (SSSR count). The number of rotatable bonds is 0. The molecule has 1 saturated carbocycles. The summed E-state index contributed by atoms with van der Waals surface area (Å²) in [5.74, 6) is 0. The molecule has 11 heavy (non-hydrogen) atoms. The largest absolute Gasteiger partial charge is 0.391 e. The van der Waals surface area contributed by atoms with Crippen molar-refractivity contribution >= 4 is 0 Å². The molecule has 0 spiro atoms. The maximum atomic E-state index is 9.60. The molecule has 0 aromatic carbocycles. The number of hydrogen-bond donors (Lipinski definition) is 3. The Hall–Kier alpha value is -0.120.